The van der Waals surface area contributed by atoms with E-state index in [1.54, 1.807) is 13.0 Å². The molecule has 1 heterocycles. The third kappa shape index (κ3) is 3.82. The zero-order chi connectivity index (χ0) is 18.9. The lowest BCUT2D eigenvalue weighted by atomic mass is 10.2. The van der Waals surface area contributed by atoms with Gasteiger partial charge in [0.15, 0.2) is 0 Å². The van der Waals surface area contributed by atoms with E-state index in [1.165, 1.54) is 34.6 Å². The van der Waals surface area contributed by atoms with Crippen LogP contribution in [0.2, 0.25) is 0 Å². The number of sulfonamides is 1. The van der Waals surface area contributed by atoms with E-state index in [1.807, 2.05) is 0 Å². The maximum atomic E-state index is 14.0. The summed E-state index contributed by atoms with van der Waals surface area (Å²) in [5.74, 6) is -1.13. The third-order valence-electron chi connectivity index (χ3n) is 4.26. The Morgan fingerprint density at radius 3 is 2.50 bits per heavy atom. The second-order valence-electron chi connectivity index (χ2n) is 6.19. The van der Waals surface area contributed by atoms with Crippen LogP contribution in [0.3, 0.4) is 0 Å². The van der Waals surface area contributed by atoms with Crippen molar-refractivity contribution in [2.45, 2.75) is 24.7 Å². The van der Waals surface area contributed by atoms with Crippen LogP contribution in [0.5, 0.6) is 0 Å². The highest BCUT2D eigenvalue weighted by atomic mass is 79.9. The monoisotopic (exact) mass is 440 g/mol. The summed E-state index contributed by atoms with van der Waals surface area (Å²) in [5.41, 5.74) is 0.908. The topological polar surface area (TPSA) is 66.5 Å². The number of carbonyl (C=O) groups excluding carboxylic acids is 1. The molecule has 26 heavy (non-hydrogen) atoms. The number of halogens is 2. The van der Waals surface area contributed by atoms with Crippen molar-refractivity contribution in [3.8, 4) is 0 Å². The van der Waals surface area contributed by atoms with E-state index >= 15 is 0 Å². The fourth-order valence-corrected chi connectivity index (χ4v) is 4.80. The van der Waals surface area contributed by atoms with E-state index in [4.69, 9.17) is 0 Å². The number of rotatable bonds is 4. The molecule has 0 unspecified atom stereocenters. The first kappa shape index (κ1) is 19.0. The van der Waals surface area contributed by atoms with Crippen LogP contribution in [0.1, 0.15) is 28.8 Å². The molecule has 138 valence electrons. The van der Waals surface area contributed by atoms with Gasteiger partial charge >= 0.3 is 0 Å². The first-order chi connectivity index (χ1) is 12.3. The highest BCUT2D eigenvalue weighted by Gasteiger charge is 2.28. The number of hydrogen-bond donors (Lipinski definition) is 1. The van der Waals surface area contributed by atoms with Crippen molar-refractivity contribution in [2.24, 2.45) is 0 Å². The summed E-state index contributed by atoms with van der Waals surface area (Å²) in [6.45, 7) is 2.71. The molecule has 1 aliphatic heterocycles. The predicted molar refractivity (Wildman–Crippen MR) is 101 cm³/mol. The molecule has 5 nitrogen and oxygen atoms in total. The zero-order valence-corrected chi connectivity index (χ0v) is 16.5. The fraction of sp³-hybridized carbons (Fsp3) is 0.278. The lowest BCUT2D eigenvalue weighted by molar-refractivity contribution is 0.102. The SMILES string of the molecule is Cc1ccc(NC(=O)c2cc(S(=O)(=O)N3CCCC3)ccc2Br)c(F)c1. The van der Waals surface area contributed by atoms with Crippen LogP contribution in [0.25, 0.3) is 0 Å². The maximum Gasteiger partial charge on any atom is 0.256 e. The van der Waals surface area contributed by atoms with Gasteiger partial charge in [0.1, 0.15) is 5.82 Å². The molecule has 2 aromatic rings. The molecule has 0 bridgehead atoms. The highest BCUT2D eigenvalue weighted by molar-refractivity contribution is 9.10. The van der Waals surface area contributed by atoms with Crippen molar-refractivity contribution in [3.05, 3.63) is 57.8 Å². The standard InChI is InChI=1S/C18H18BrFN2O3S/c1-12-4-7-17(16(20)10-12)21-18(23)14-11-13(5-6-15(14)19)26(24,25)22-8-2-3-9-22/h4-7,10-11H,2-3,8-9H2,1H3,(H,21,23). The summed E-state index contributed by atoms with van der Waals surface area (Å²) >= 11 is 3.26. The molecule has 1 N–H and O–H groups in total. The van der Waals surface area contributed by atoms with Crippen molar-refractivity contribution in [1.29, 1.82) is 0 Å². The number of aryl methyl sites for hydroxylation is 1. The van der Waals surface area contributed by atoms with Gasteiger partial charge in [0.2, 0.25) is 10.0 Å². The van der Waals surface area contributed by atoms with E-state index in [0.29, 0.717) is 17.6 Å². The smallest absolute Gasteiger partial charge is 0.256 e. The van der Waals surface area contributed by atoms with Gasteiger partial charge in [0.05, 0.1) is 16.1 Å². The molecule has 1 fully saturated rings. The summed E-state index contributed by atoms with van der Waals surface area (Å²) in [6.07, 6.45) is 1.66. The van der Waals surface area contributed by atoms with Crippen molar-refractivity contribution < 1.29 is 17.6 Å². The Kier molecular flexibility index (Phi) is 5.45. The summed E-state index contributed by atoms with van der Waals surface area (Å²) in [6, 6.07) is 8.77. The minimum Gasteiger partial charge on any atom is -0.319 e. The number of anilines is 1. The predicted octanol–water partition coefficient (Wildman–Crippen LogP) is 3.93. The van der Waals surface area contributed by atoms with Crippen LogP contribution in [0, 0.1) is 12.7 Å². The van der Waals surface area contributed by atoms with Crippen LogP contribution in [0.4, 0.5) is 10.1 Å². The first-order valence-electron chi connectivity index (χ1n) is 8.16. The van der Waals surface area contributed by atoms with E-state index < -0.39 is 21.7 Å². The Labute approximate surface area is 160 Å². The average molecular weight is 441 g/mol. The molecule has 1 amide bonds. The lowest BCUT2D eigenvalue weighted by Gasteiger charge is -2.16. The number of nitrogens with one attached hydrogen (secondary N) is 1. The van der Waals surface area contributed by atoms with Gasteiger partial charge in [0, 0.05) is 17.6 Å². The van der Waals surface area contributed by atoms with Gasteiger partial charge in [-0.15, -0.1) is 0 Å². The molecule has 0 radical (unpaired) electrons. The highest BCUT2D eigenvalue weighted by Crippen LogP contribution is 2.26. The Hall–Kier alpha value is -1.77. The molecule has 3 rings (SSSR count). The Morgan fingerprint density at radius 1 is 1.15 bits per heavy atom. The molecule has 1 saturated heterocycles. The lowest BCUT2D eigenvalue weighted by Crippen LogP contribution is -2.28. The number of amides is 1. The molecule has 0 aliphatic carbocycles. The number of carbonyl (C=O) groups is 1. The average Bonchev–Trinajstić information content (AvgIpc) is 3.13. The van der Waals surface area contributed by atoms with Gasteiger partial charge in [-0.3, -0.25) is 4.79 Å². The van der Waals surface area contributed by atoms with Crippen LogP contribution in [-0.2, 0) is 10.0 Å². The molecule has 0 saturated carbocycles. The minimum atomic E-state index is -3.64. The van der Waals surface area contributed by atoms with E-state index in [2.05, 4.69) is 21.2 Å². The second-order valence-corrected chi connectivity index (χ2v) is 8.98. The van der Waals surface area contributed by atoms with Crippen LogP contribution in [0.15, 0.2) is 45.8 Å². The third-order valence-corrected chi connectivity index (χ3v) is 6.84. The molecule has 8 heteroatoms. The van der Waals surface area contributed by atoms with E-state index in [0.717, 1.165) is 18.4 Å². The van der Waals surface area contributed by atoms with Gasteiger partial charge in [0.25, 0.3) is 5.91 Å². The Morgan fingerprint density at radius 2 is 1.85 bits per heavy atom. The van der Waals surface area contributed by atoms with Gasteiger partial charge in [-0.05, 0) is 71.6 Å². The van der Waals surface area contributed by atoms with Crippen LogP contribution >= 0.6 is 15.9 Å². The molecular formula is C18H18BrFN2O3S. The van der Waals surface area contributed by atoms with Crippen molar-refractivity contribution in [3.63, 3.8) is 0 Å². The molecule has 0 spiro atoms. The van der Waals surface area contributed by atoms with E-state index in [-0.39, 0.29) is 16.1 Å². The molecule has 0 aromatic heterocycles. The number of hydrogen-bond acceptors (Lipinski definition) is 3. The first-order valence-corrected chi connectivity index (χ1v) is 10.4. The summed E-state index contributed by atoms with van der Waals surface area (Å²) in [5, 5.41) is 2.49. The largest absolute Gasteiger partial charge is 0.319 e. The van der Waals surface area contributed by atoms with Crippen molar-refractivity contribution in [2.75, 3.05) is 18.4 Å². The quantitative estimate of drug-likeness (QED) is 0.782. The minimum absolute atomic E-state index is 0.0419. The van der Waals surface area contributed by atoms with Crippen LogP contribution < -0.4 is 5.32 Å². The normalized spacial score (nSPS) is 15.2. The second kappa shape index (κ2) is 7.46. The van der Waals surface area contributed by atoms with Crippen molar-refractivity contribution in [1.82, 2.24) is 4.31 Å². The van der Waals surface area contributed by atoms with Gasteiger partial charge < -0.3 is 5.32 Å². The molecule has 1 aliphatic rings. The number of benzene rings is 2. The Bertz CT molecular complexity index is 957. The summed E-state index contributed by atoms with van der Waals surface area (Å²) in [4.78, 5) is 12.6. The molecule has 2 aromatic carbocycles. The summed E-state index contributed by atoms with van der Waals surface area (Å²) in [7, 11) is -3.64. The van der Waals surface area contributed by atoms with Gasteiger partial charge in [-0.25, -0.2) is 12.8 Å². The van der Waals surface area contributed by atoms with Crippen LogP contribution in [-0.4, -0.2) is 31.7 Å². The molecule has 0 atom stereocenters. The molecular weight excluding hydrogens is 423 g/mol. The summed E-state index contributed by atoms with van der Waals surface area (Å²) < 4.78 is 41.2. The van der Waals surface area contributed by atoms with E-state index in [9.17, 15) is 17.6 Å². The number of nitrogens with zero attached hydrogens (tertiary/aromatic N) is 1. The maximum absolute atomic E-state index is 14.0. The van der Waals surface area contributed by atoms with Crippen molar-refractivity contribution >= 4 is 37.5 Å². The van der Waals surface area contributed by atoms with Gasteiger partial charge in [-0.2, -0.15) is 4.31 Å². The Balaban J connectivity index is 1.91. The zero-order valence-electron chi connectivity index (χ0n) is 14.1. The fourth-order valence-electron chi connectivity index (χ4n) is 2.83. The van der Waals surface area contributed by atoms with Gasteiger partial charge in [-0.1, -0.05) is 6.07 Å².